The van der Waals surface area contributed by atoms with Crippen LogP contribution in [0.5, 0.6) is 5.75 Å². The standard InChI is InChI=1S/C21H19N5O3S/c1-21(2,13-6-4-3-5-7-13)24-18(29)20-22-15-16(25-26-19(15)30-20)23-17(28)12-8-10-14(27)11-9-12/h3-11,27H,1-2H3,(H,24,29)(H2,23,25,26,28). The molecule has 0 atom stereocenters. The fourth-order valence-corrected chi connectivity index (χ4v) is 3.76. The topological polar surface area (TPSA) is 120 Å². The minimum absolute atomic E-state index is 0.0732. The second-order valence-corrected chi connectivity index (χ2v) is 8.20. The normalized spacial score (nSPS) is 11.4. The second kappa shape index (κ2) is 7.60. The van der Waals surface area contributed by atoms with Crippen molar-refractivity contribution in [1.82, 2.24) is 20.5 Å². The number of thiazole rings is 1. The average molecular weight is 421 g/mol. The largest absolute Gasteiger partial charge is 0.508 e. The van der Waals surface area contributed by atoms with Crippen LogP contribution in [0.15, 0.2) is 54.6 Å². The molecule has 0 saturated heterocycles. The van der Waals surface area contributed by atoms with E-state index in [1.54, 1.807) is 0 Å². The van der Waals surface area contributed by atoms with Gasteiger partial charge in [0.1, 0.15) is 11.3 Å². The van der Waals surface area contributed by atoms with Gasteiger partial charge in [0.15, 0.2) is 15.7 Å². The molecule has 2 heterocycles. The van der Waals surface area contributed by atoms with E-state index < -0.39 is 5.54 Å². The van der Waals surface area contributed by atoms with Crippen LogP contribution < -0.4 is 10.6 Å². The minimum atomic E-state index is -0.580. The molecule has 0 aliphatic rings. The molecule has 0 spiro atoms. The molecule has 9 heteroatoms. The molecule has 2 aromatic carbocycles. The predicted octanol–water partition coefficient (Wildman–Crippen LogP) is 3.64. The maximum Gasteiger partial charge on any atom is 0.281 e. The van der Waals surface area contributed by atoms with Crippen LogP contribution in [0.2, 0.25) is 0 Å². The maximum absolute atomic E-state index is 12.8. The Balaban J connectivity index is 1.53. The minimum Gasteiger partial charge on any atom is -0.508 e. The first-order chi connectivity index (χ1) is 14.3. The summed E-state index contributed by atoms with van der Waals surface area (Å²) in [6, 6.07) is 15.5. The van der Waals surface area contributed by atoms with Crippen LogP contribution in [0.1, 0.15) is 39.6 Å². The number of nitrogens with zero attached hydrogens (tertiary/aromatic N) is 2. The van der Waals surface area contributed by atoms with Crippen molar-refractivity contribution in [3.8, 4) is 5.75 Å². The highest BCUT2D eigenvalue weighted by molar-refractivity contribution is 7.20. The molecule has 0 radical (unpaired) electrons. The van der Waals surface area contributed by atoms with Crippen LogP contribution >= 0.6 is 11.3 Å². The van der Waals surface area contributed by atoms with Crippen LogP contribution in [-0.4, -0.2) is 32.1 Å². The lowest BCUT2D eigenvalue weighted by molar-refractivity contribution is 0.0911. The average Bonchev–Trinajstić information content (AvgIpc) is 3.31. The highest BCUT2D eigenvalue weighted by Crippen LogP contribution is 2.27. The highest BCUT2D eigenvalue weighted by Gasteiger charge is 2.26. The monoisotopic (exact) mass is 421 g/mol. The Morgan fingerprint density at radius 1 is 1.03 bits per heavy atom. The zero-order valence-electron chi connectivity index (χ0n) is 16.3. The Morgan fingerprint density at radius 3 is 2.43 bits per heavy atom. The van der Waals surface area contributed by atoms with E-state index in [0.29, 0.717) is 21.7 Å². The fourth-order valence-electron chi connectivity index (χ4n) is 2.96. The quantitative estimate of drug-likeness (QED) is 0.392. The number of carbonyl (C=O) groups is 2. The van der Waals surface area contributed by atoms with Gasteiger partial charge in [-0.3, -0.25) is 14.7 Å². The van der Waals surface area contributed by atoms with Crippen molar-refractivity contribution in [3.63, 3.8) is 0 Å². The van der Waals surface area contributed by atoms with Crippen LogP contribution in [0, 0.1) is 0 Å². The van der Waals surface area contributed by atoms with Crippen molar-refractivity contribution >= 4 is 39.3 Å². The van der Waals surface area contributed by atoms with Crippen molar-refractivity contribution in [2.24, 2.45) is 0 Å². The number of phenolic OH excluding ortho intramolecular Hbond substituents is 1. The molecule has 0 bridgehead atoms. The lowest BCUT2D eigenvalue weighted by Crippen LogP contribution is -2.40. The number of anilines is 1. The SMILES string of the molecule is CC(C)(NC(=O)c1nc2c(NC(=O)c3ccc(O)cc3)[nH]nc2s1)c1ccccc1. The molecule has 0 fully saturated rings. The summed E-state index contributed by atoms with van der Waals surface area (Å²) >= 11 is 1.14. The van der Waals surface area contributed by atoms with E-state index >= 15 is 0 Å². The third-order valence-corrected chi connectivity index (χ3v) is 5.55. The van der Waals surface area contributed by atoms with Gasteiger partial charge < -0.3 is 15.7 Å². The predicted molar refractivity (Wildman–Crippen MR) is 115 cm³/mol. The van der Waals surface area contributed by atoms with Crippen LogP contribution in [0.4, 0.5) is 5.82 Å². The second-order valence-electron chi connectivity index (χ2n) is 7.22. The van der Waals surface area contributed by atoms with Crippen molar-refractivity contribution in [2.45, 2.75) is 19.4 Å². The van der Waals surface area contributed by atoms with E-state index in [4.69, 9.17) is 0 Å². The van der Waals surface area contributed by atoms with Gasteiger partial charge >= 0.3 is 0 Å². The Labute approximate surface area is 176 Å². The number of H-pyrrole nitrogens is 1. The number of aromatic amines is 1. The number of aromatic nitrogens is 3. The van der Waals surface area contributed by atoms with Crippen molar-refractivity contribution < 1.29 is 14.7 Å². The summed E-state index contributed by atoms with van der Waals surface area (Å²) in [4.78, 5) is 30.1. The molecule has 4 rings (SSSR count). The number of nitrogens with one attached hydrogen (secondary N) is 3. The van der Waals surface area contributed by atoms with E-state index in [1.165, 1.54) is 24.3 Å². The summed E-state index contributed by atoms with van der Waals surface area (Å²) < 4.78 is 0. The van der Waals surface area contributed by atoms with Gasteiger partial charge in [-0.1, -0.05) is 41.7 Å². The van der Waals surface area contributed by atoms with Gasteiger partial charge in [0.05, 0.1) is 5.54 Å². The van der Waals surface area contributed by atoms with Gasteiger partial charge in [-0.25, -0.2) is 4.98 Å². The molecule has 8 nitrogen and oxygen atoms in total. The smallest absolute Gasteiger partial charge is 0.281 e. The molecule has 2 amide bonds. The Kier molecular flexibility index (Phi) is 4.96. The van der Waals surface area contributed by atoms with Crippen LogP contribution in [0.25, 0.3) is 10.3 Å². The molecular formula is C21H19N5O3S. The van der Waals surface area contributed by atoms with E-state index in [-0.39, 0.29) is 22.6 Å². The Bertz CT molecular complexity index is 1210. The molecule has 0 aliphatic heterocycles. The first-order valence-corrected chi connectivity index (χ1v) is 9.98. The molecule has 0 aliphatic carbocycles. The van der Waals surface area contributed by atoms with Crippen molar-refractivity contribution in [2.75, 3.05) is 5.32 Å². The first kappa shape index (κ1) is 19.6. The van der Waals surface area contributed by atoms with E-state index in [1.807, 2.05) is 44.2 Å². The van der Waals surface area contributed by atoms with Crippen molar-refractivity contribution in [1.29, 1.82) is 0 Å². The first-order valence-electron chi connectivity index (χ1n) is 9.17. The lowest BCUT2D eigenvalue weighted by atomic mass is 9.94. The Morgan fingerprint density at radius 2 is 1.73 bits per heavy atom. The van der Waals surface area contributed by atoms with E-state index in [2.05, 4.69) is 25.8 Å². The maximum atomic E-state index is 12.8. The van der Waals surface area contributed by atoms with E-state index in [0.717, 1.165) is 16.9 Å². The van der Waals surface area contributed by atoms with Gasteiger partial charge in [-0.2, -0.15) is 5.10 Å². The van der Waals surface area contributed by atoms with E-state index in [9.17, 15) is 14.7 Å². The summed E-state index contributed by atoms with van der Waals surface area (Å²) in [7, 11) is 0. The number of carbonyl (C=O) groups excluding carboxylic acids is 2. The molecule has 30 heavy (non-hydrogen) atoms. The molecule has 4 aromatic rings. The highest BCUT2D eigenvalue weighted by atomic mass is 32.1. The molecule has 4 N–H and O–H groups in total. The van der Waals surface area contributed by atoms with Gasteiger partial charge in [0.25, 0.3) is 11.8 Å². The number of fused-ring (bicyclic) bond motifs is 1. The summed E-state index contributed by atoms with van der Waals surface area (Å²) in [5.74, 6) is -0.322. The summed E-state index contributed by atoms with van der Waals surface area (Å²) in [5.41, 5.74) is 1.18. The molecule has 0 unspecified atom stereocenters. The zero-order chi connectivity index (χ0) is 21.3. The van der Waals surface area contributed by atoms with Crippen molar-refractivity contribution in [3.05, 3.63) is 70.7 Å². The summed E-state index contributed by atoms with van der Waals surface area (Å²) in [5, 5.41) is 22.2. The number of rotatable bonds is 5. The number of hydrogen-bond acceptors (Lipinski definition) is 6. The number of benzene rings is 2. The molecule has 2 aromatic heterocycles. The third-order valence-electron chi connectivity index (χ3n) is 4.60. The van der Waals surface area contributed by atoms with Gasteiger partial charge in [-0.05, 0) is 43.7 Å². The summed E-state index contributed by atoms with van der Waals surface area (Å²) in [6.45, 7) is 3.84. The fraction of sp³-hybridized carbons (Fsp3) is 0.143. The van der Waals surface area contributed by atoms with Gasteiger partial charge in [-0.15, -0.1) is 0 Å². The lowest BCUT2D eigenvalue weighted by Gasteiger charge is -2.26. The molecule has 152 valence electrons. The number of aromatic hydroxyl groups is 1. The summed E-state index contributed by atoms with van der Waals surface area (Å²) in [6.07, 6.45) is 0. The Hall–Kier alpha value is -3.72. The van der Waals surface area contributed by atoms with Crippen LogP contribution in [-0.2, 0) is 5.54 Å². The van der Waals surface area contributed by atoms with Gasteiger partial charge in [0.2, 0.25) is 0 Å². The molecular weight excluding hydrogens is 402 g/mol. The third kappa shape index (κ3) is 3.87. The molecule has 0 saturated carbocycles. The number of amides is 2. The van der Waals surface area contributed by atoms with Crippen LogP contribution in [0.3, 0.4) is 0 Å². The number of phenols is 1. The van der Waals surface area contributed by atoms with Gasteiger partial charge in [0, 0.05) is 5.56 Å². The zero-order valence-corrected chi connectivity index (χ0v) is 17.1. The number of hydrogen-bond donors (Lipinski definition) is 4.